The normalized spacial score (nSPS) is 10.6. The fourth-order valence-electron chi connectivity index (χ4n) is 2.58. The molecule has 22 heavy (non-hydrogen) atoms. The van der Waals surface area contributed by atoms with Crippen LogP contribution < -0.4 is 5.32 Å². The zero-order valence-corrected chi connectivity index (χ0v) is 12.8. The summed E-state index contributed by atoms with van der Waals surface area (Å²) in [6.45, 7) is 4.87. The van der Waals surface area contributed by atoms with E-state index in [9.17, 15) is 18.4 Å². The van der Waals surface area contributed by atoms with Gasteiger partial charge in [0.15, 0.2) is 17.4 Å². The Bertz CT molecular complexity index is 779. The molecule has 0 aliphatic rings. The number of carbonyl (C=O) groups excluding carboxylic acids is 2. The lowest BCUT2D eigenvalue weighted by Crippen LogP contribution is -2.17. The topological polar surface area (TPSA) is 51.1 Å². The van der Waals surface area contributed by atoms with Crippen molar-refractivity contribution in [2.24, 2.45) is 7.05 Å². The highest BCUT2D eigenvalue weighted by atomic mass is 19.2. The van der Waals surface area contributed by atoms with Gasteiger partial charge in [0, 0.05) is 30.1 Å². The Hall–Kier alpha value is -2.50. The molecule has 0 aliphatic heterocycles. The second-order valence-corrected chi connectivity index (χ2v) is 5.13. The van der Waals surface area contributed by atoms with Crippen LogP contribution in [0.25, 0.3) is 0 Å². The molecule has 0 fully saturated rings. The highest BCUT2D eigenvalue weighted by molar-refractivity contribution is 6.07. The Morgan fingerprint density at radius 3 is 2.27 bits per heavy atom. The lowest BCUT2D eigenvalue weighted by atomic mass is 10.1. The van der Waals surface area contributed by atoms with Crippen molar-refractivity contribution in [3.8, 4) is 0 Å². The number of Topliss-reactive ketones (excluding diaryl/α,β-unsaturated/α-hetero) is 1. The maximum Gasteiger partial charge on any atom is 0.272 e. The first-order valence-electron chi connectivity index (χ1n) is 6.67. The Morgan fingerprint density at radius 1 is 1.14 bits per heavy atom. The van der Waals surface area contributed by atoms with Crippen molar-refractivity contribution < 1.29 is 18.4 Å². The van der Waals surface area contributed by atoms with Crippen LogP contribution in [0.4, 0.5) is 14.5 Å². The number of aromatic nitrogens is 1. The molecule has 1 aromatic heterocycles. The third-order valence-corrected chi connectivity index (χ3v) is 3.68. The van der Waals surface area contributed by atoms with Gasteiger partial charge in [-0.05, 0) is 38.5 Å². The fourth-order valence-corrected chi connectivity index (χ4v) is 2.58. The number of rotatable bonds is 3. The molecule has 1 amide bonds. The van der Waals surface area contributed by atoms with E-state index in [4.69, 9.17) is 0 Å². The van der Waals surface area contributed by atoms with Gasteiger partial charge in [0.1, 0.15) is 5.69 Å². The van der Waals surface area contributed by atoms with Crippen molar-refractivity contribution in [1.29, 1.82) is 0 Å². The van der Waals surface area contributed by atoms with Gasteiger partial charge in [-0.1, -0.05) is 0 Å². The fraction of sp³-hybridized carbons (Fsp3) is 0.250. The molecule has 0 bridgehead atoms. The van der Waals surface area contributed by atoms with Crippen LogP contribution in [0.5, 0.6) is 0 Å². The average molecular weight is 306 g/mol. The van der Waals surface area contributed by atoms with E-state index < -0.39 is 17.5 Å². The number of halogens is 2. The van der Waals surface area contributed by atoms with Crippen LogP contribution in [-0.2, 0) is 7.05 Å². The maximum absolute atomic E-state index is 13.2. The molecule has 1 aromatic carbocycles. The van der Waals surface area contributed by atoms with Crippen molar-refractivity contribution in [2.75, 3.05) is 5.32 Å². The Morgan fingerprint density at radius 2 is 1.77 bits per heavy atom. The molecule has 0 spiro atoms. The van der Waals surface area contributed by atoms with Gasteiger partial charge < -0.3 is 9.88 Å². The van der Waals surface area contributed by atoms with Gasteiger partial charge in [-0.15, -0.1) is 0 Å². The summed E-state index contributed by atoms with van der Waals surface area (Å²) in [7, 11) is 1.68. The number of hydrogen-bond acceptors (Lipinski definition) is 2. The van der Waals surface area contributed by atoms with E-state index >= 15 is 0 Å². The van der Waals surface area contributed by atoms with E-state index in [2.05, 4.69) is 5.32 Å². The summed E-state index contributed by atoms with van der Waals surface area (Å²) in [6.07, 6.45) is 0. The predicted molar refractivity (Wildman–Crippen MR) is 79.2 cm³/mol. The van der Waals surface area contributed by atoms with Crippen molar-refractivity contribution in [1.82, 2.24) is 4.57 Å². The number of ketones is 1. The first kappa shape index (κ1) is 15.9. The summed E-state index contributed by atoms with van der Waals surface area (Å²) in [6, 6.07) is 3.12. The molecule has 2 rings (SSSR count). The Labute approximate surface area is 126 Å². The molecule has 116 valence electrons. The van der Waals surface area contributed by atoms with Gasteiger partial charge in [-0.2, -0.15) is 0 Å². The van der Waals surface area contributed by atoms with E-state index in [-0.39, 0.29) is 11.5 Å². The SMILES string of the molecule is CC(=O)c1c(C)c(C(=O)Nc2ccc(F)c(F)c2)n(C)c1C. The number of anilines is 1. The third kappa shape index (κ3) is 2.64. The molecule has 0 radical (unpaired) electrons. The van der Waals surface area contributed by atoms with Crippen LogP contribution in [-0.4, -0.2) is 16.3 Å². The summed E-state index contributed by atoms with van der Waals surface area (Å²) in [4.78, 5) is 24.1. The smallest absolute Gasteiger partial charge is 0.272 e. The van der Waals surface area contributed by atoms with E-state index in [1.807, 2.05) is 0 Å². The molecule has 6 heteroatoms. The molecule has 0 atom stereocenters. The van der Waals surface area contributed by atoms with Crippen molar-refractivity contribution in [2.45, 2.75) is 20.8 Å². The summed E-state index contributed by atoms with van der Waals surface area (Å²) < 4.78 is 27.7. The molecule has 0 aliphatic carbocycles. The highest BCUT2D eigenvalue weighted by Crippen LogP contribution is 2.23. The molecule has 0 unspecified atom stereocenters. The first-order valence-corrected chi connectivity index (χ1v) is 6.67. The van der Waals surface area contributed by atoms with E-state index in [0.29, 0.717) is 22.5 Å². The van der Waals surface area contributed by atoms with E-state index in [0.717, 1.165) is 12.1 Å². The number of benzene rings is 1. The number of carbonyl (C=O) groups is 2. The number of hydrogen-bond donors (Lipinski definition) is 1. The quantitative estimate of drug-likeness (QED) is 0.884. The maximum atomic E-state index is 13.2. The van der Waals surface area contributed by atoms with Gasteiger partial charge in [-0.25, -0.2) is 8.78 Å². The molecule has 2 aromatic rings. The zero-order chi connectivity index (χ0) is 16.6. The lowest BCUT2D eigenvalue weighted by molar-refractivity contribution is 0.101. The van der Waals surface area contributed by atoms with Crippen LogP contribution in [0.2, 0.25) is 0 Å². The van der Waals surface area contributed by atoms with Gasteiger partial charge in [0.2, 0.25) is 0 Å². The number of nitrogens with one attached hydrogen (secondary N) is 1. The predicted octanol–water partition coefficient (Wildman–Crippen LogP) is 3.38. The average Bonchev–Trinajstić information content (AvgIpc) is 2.64. The molecular weight excluding hydrogens is 290 g/mol. The largest absolute Gasteiger partial charge is 0.343 e. The minimum Gasteiger partial charge on any atom is -0.343 e. The van der Waals surface area contributed by atoms with Gasteiger partial charge in [0.25, 0.3) is 5.91 Å². The van der Waals surface area contributed by atoms with Gasteiger partial charge >= 0.3 is 0 Å². The molecule has 4 nitrogen and oxygen atoms in total. The van der Waals surface area contributed by atoms with Crippen molar-refractivity contribution >= 4 is 17.4 Å². The molecule has 1 N–H and O–H groups in total. The monoisotopic (exact) mass is 306 g/mol. The molecule has 0 saturated heterocycles. The second-order valence-electron chi connectivity index (χ2n) is 5.13. The van der Waals surface area contributed by atoms with Crippen LogP contribution in [0.1, 0.15) is 39.0 Å². The highest BCUT2D eigenvalue weighted by Gasteiger charge is 2.23. The summed E-state index contributed by atoms with van der Waals surface area (Å²) in [5.74, 6) is -2.64. The van der Waals surface area contributed by atoms with E-state index in [1.54, 1.807) is 25.5 Å². The number of amides is 1. The van der Waals surface area contributed by atoms with Crippen molar-refractivity contribution in [3.63, 3.8) is 0 Å². The van der Waals surface area contributed by atoms with Crippen LogP contribution in [0.3, 0.4) is 0 Å². The zero-order valence-electron chi connectivity index (χ0n) is 12.8. The summed E-state index contributed by atoms with van der Waals surface area (Å²) in [5, 5.41) is 2.51. The van der Waals surface area contributed by atoms with Crippen LogP contribution in [0, 0.1) is 25.5 Å². The van der Waals surface area contributed by atoms with Crippen molar-refractivity contribution in [3.05, 3.63) is 52.3 Å². The third-order valence-electron chi connectivity index (χ3n) is 3.68. The summed E-state index contributed by atoms with van der Waals surface area (Å²) >= 11 is 0. The Balaban J connectivity index is 2.40. The number of nitrogens with zero attached hydrogens (tertiary/aromatic N) is 1. The molecular formula is C16H16F2N2O2. The molecule has 0 saturated carbocycles. The second kappa shape index (κ2) is 5.71. The van der Waals surface area contributed by atoms with Crippen LogP contribution in [0.15, 0.2) is 18.2 Å². The Kier molecular flexibility index (Phi) is 4.12. The van der Waals surface area contributed by atoms with Crippen LogP contribution >= 0.6 is 0 Å². The minimum atomic E-state index is -1.04. The van der Waals surface area contributed by atoms with Gasteiger partial charge in [-0.3, -0.25) is 9.59 Å². The standard InChI is InChI=1S/C16H16F2N2O2/c1-8-14(10(3)21)9(2)20(4)15(8)16(22)19-11-5-6-12(17)13(18)7-11/h5-7H,1-4H3,(H,19,22). The van der Waals surface area contributed by atoms with Gasteiger partial charge in [0.05, 0.1) is 0 Å². The first-order chi connectivity index (χ1) is 10.2. The minimum absolute atomic E-state index is 0.127. The lowest BCUT2D eigenvalue weighted by Gasteiger charge is -2.08. The molecule has 1 heterocycles. The summed E-state index contributed by atoms with van der Waals surface area (Å²) in [5.41, 5.74) is 2.20. The van der Waals surface area contributed by atoms with E-state index in [1.165, 1.54) is 13.0 Å².